The Kier molecular flexibility index (Phi) is 7.90. The Morgan fingerprint density at radius 2 is 1.91 bits per heavy atom. The topological polar surface area (TPSA) is 52.9 Å². The van der Waals surface area contributed by atoms with Crippen LogP contribution in [0.25, 0.3) is 0 Å². The number of aliphatic hydroxyl groups excluding tert-OH is 2. The highest BCUT2D eigenvalue weighted by Crippen LogP contribution is 2.59. The van der Waals surface area contributed by atoms with Crippen LogP contribution in [0, 0.1) is 23.2 Å². The summed E-state index contributed by atoms with van der Waals surface area (Å²) in [5, 5.41) is 20.4. The largest absolute Gasteiger partial charge is 0.388 e. The second-order valence-corrected chi connectivity index (χ2v) is 11.9. The van der Waals surface area contributed by atoms with Crippen LogP contribution in [0.4, 0.5) is 0 Å². The van der Waals surface area contributed by atoms with Gasteiger partial charge < -0.3 is 14.9 Å². The average Bonchev–Trinajstić information content (AvgIpc) is 3.14. The molecule has 4 fully saturated rings. The van der Waals surface area contributed by atoms with Crippen LogP contribution in [0.15, 0.2) is 35.5 Å². The quantitative estimate of drug-likeness (QED) is 0.553. The third kappa shape index (κ3) is 5.34. The van der Waals surface area contributed by atoms with Crippen LogP contribution in [0.2, 0.25) is 0 Å². The van der Waals surface area contributed by atoms with E-state index in [1.54, 1.807) is 5.57 Å². The second kappa shape index (κ2) is 10.4. The molecule has 0 aromatic carbocycles. The van der Waals surface area contributed by atoms with Crippen LogP contribution >= 0.6 is 0 Å². The van der Waals surface area contributed by atoms with Gasteiger partial charge in [0.05, 0.1) is 24.9 Å². The Balaban J connectivity index is 1.40. The molecule has 0 radical (unpaired) electrons. The van der Waals surface area contributed by atoms with Gasteiger partial charge in [-0.15, -0.1) is 0 Å². The van der Waals surface area contributed by atoms with Gasteiger partial charge >= 0.3 is 0 Å². The summed E-state index contributed by atoms with van der Waals surface area (Å²) >= 11 is 0. The molecule has 4 rings (SSSR count). The summed E-state index contributed by atoms with van der Waals surface area (Å²) in [7, 11) is 0. The van der Waals surface area contributed by atoms with Gasteiger partial charge in [0.1, 0.15) is 0 Å². The maximum Gasteiger partial charge on any atom is 0.0809 e. The lowest BCUT2D eigenvalue weighted by molar-refractivity contribution is -0.0521. The minimum atomic E-state index is -0.607. The first-order chi connectivity index (χ1) is 15.7. The van der Waals surface area contributed by atoms with Gasteiger partial charge in [0, 0.05) is 12.6 Å². The molecule has 4 heteroatoms. The van der Waals surface area contributed by atoms with Gasteiger partial charge in [0.2, 0.25) is 0 Å². The SMILES string of the molecule is C=C1[C@H](O)CC(=C/C=C2\CCC[C@]3(C)[C@@H]([C@H](C)CCN4C[C@@H](C)OC[C@@H]4C)CC[C@@H]23)C[C@H]1O. The summed E-state index contributed by atoms with van der Waals surface area (Å²) in [6.07, 6.45) is 12.7. The van der Waals surface area contributed by atoms with E-state index < -0.39 is 12.2 Å². The van der Waals surface area contributed by atoms with Gasteiger partial charge in [0.15, 0.2) is 0 Å². The summed E-state index contributed by atoms with van der Waals surface area (Å²) < 4.78 is 5.82. The van der Waals surface area contributed by atoms with Crippen molar-refractivity contribution >= 4 is 0 Å². The fourth-order valence-electron chi connectivity index (χ4n) is 7.49. The molecule has 0 bridgehead atoms. The van der Waals surface area contributed by atoms with Gasteiger partial charge in [-0.25, -0.2) is 0 Å². The minimum Gasteiger partial charge on any atom is -0.388 e. The molecule has 0 aromatic rings. The van der Waals surface area contributed by atoms with Gasteiger partial charge in [-0.3, -0.25) is 4.90 Å². The van der Waals surface area contributed by atoms with Crippen molar-refractivity contribution in [3.05, 3.63) is 35.5 Å². The van der Waals surface area contributed by atoms with Gasteiger partial charge in [0.25, 0.3) is 0 Å². The van der Waals surface area contributed by atoms with E-state index in [9.17, 15) is 10.2 Å². The van der Waals surface area contributed by atoms with Crippen molar-refractivity contribution in [3.8, 4) is 0 Å². The van der Waals surface area contributed by atoms with Crippen molar-refractivity contribution in [2.24, 2.45) is 23.2 Å². The Labute approximate surface area is 201 Å². The zero-order valence-corrected chi connectivity index (χ0v) is 21.4. The predicted molar refractivity (Wildman–Crippen MR) is 135 cm³/mol. The Bertz CT molecular complexity index is 757. The second-order valence-electron chi connectivity index (χ2n) is 11.9. The van der Waals surface area contributed by atoms with E-state index in [-0.39, 0.29) is 0 Å². The summed E-state index contributed by atoms with van der Waals surface area (Å²) in [5.41, 5.74) is 3.73. The Morgan fingerprint density at radius 1 is 1.18 bits per heavy atom. The number of fused-ring (bicyclic) bond motifs is 1. The standard InChI is InChI=1S/C29H47NO3/c1-19(12-14-30-17-21(3)33-18-20(30)2)25-10-11-26-24(7-6-13-29(25,26)5)9-8-23-15-27(31)22(4)28(32)16-23/h8-9,19-21,25-28,31-32H,4,6-7,10-18H2,1-3,5H3/b24-9+/t19-,20+,21-,25-,26+,27-,28-,29-/m1/s1. The number of allylic oxidation sites excluding steroid dienone is 3. The molecule has 8 atom stereocenters. The number of ether oxygens (including phenoxy) is 1. The number of rotatable bonds is 5. The zero-order chi connectivity index (χ0) is 23.8. The smallest absolute Gasteiger partial charge is 0.0809 e. The molecule has 1 saturated heterocycles. The molecule has 3 aliphatic carbocycles. The van der Waals surface area contributed by atoms with Crippen molar-refractivity contribution in [1.82, 2.24) is 4.90 Å². The van der Waals surface area contributed by atoms with E-state index in [1.165, 1.54) is 45.1 Å². The maximum absolute atomic E-state index is 10.2. The summed E-state index contributed by atoms with van der Waals surface area (Å²) in [6.45, 7) is 16.5. The Hall–Kier alpha value is -0.940. The predicted octanol–water partition coefficient (Wildman–Crippen LogP) is 5.26. The van der Waals surface area contributed by atoms with Crippen molar-refractivity contribution < 1.29 is 14.9 Å². The van der Waals surface area contributed by atoms with E-state index in [0.717, 1.165) is 30.6 Å². The van der Waals surface area contributed by atoms with Crippen LogP contribution in [0.3, 0.4) is 0 Å². The molecule has 0 unspecified atom stereocenters. The molecular weight excluding hydrogens is 410 g/mol. The highest BCUT2D eigenvalue weighted by molar-refractivity contribution is 5.29. The lowest BCUT2D eigenvalue weighted by Gasteiger charge is -2.45. The fourth-order valence-corrected chi connectivity index (χ4v) is 7.49. The normalized spacial score (nSPS) is 42.4. The van der Waals surface area contributed by atoms with Crippen LogP contribution in [-0.2, 0) is 4.74 Å². The minimum absolute atomic E-state index is 0.356. The maximum atomic E-state index is 10.2. The number of hydrogen-bond acceptors (Lipinski definition) is 4. The summed E-state index contributed by atoms with van der Waals surface area (Å²) in [4.78, 5) is 2.64. The first-order valence-electron chi connectivity index (χ1n) is 13.5. The third-order valence-electron chi connectivity index (χ3n) is 9.63. The van der Waals surface area contributed by atoms with Crippen LogP contribution < -0.4 is 0 Å². The molecule has 33 heavy (non-hydrogen) atoms. The molecule has 2 N–H and O–H groups in total. The first kappa shape index (κ1) is 25.2. The average molecular weight is 458 g/mol. The van der Waals surface area contributed by atoms with Gasteiger partial charge in [-0.1, -0.05) is 43.7 Å². The molecule has 3 saturated carbocycles. The number of nitrogens with zero attached hydrogens (tertiary/aromatic N) is 1. The molecule has 186 valence electrons. The summed E-state index contributed by atoms with van der Waals surface area (Å²) in [6, 6.07) is 0.534. The molecule has 4 aliphatic rings. The number of hydrogen-bond donors (Lipinski definition) is 2. The van der Waals surface area contributed by atoms with Crippen molar-refractivity contribution in [1.29, 1.82) is 0 Å². The van der Waals surface area contributed by atoms with Gasteiger partial charge in [-0.2, -0.15) is 0 Å². The molecule has 0 spiro atoms. The monoisotopic (exact) mass is 457 g/mol. The molecule has 0 aromatic heterocycles. The van der Waals surface area contributed by atoms with E-state index >= 15 is 0 Å². The first-order valence-corrected chi connectivity index (χ1v) is 13.5. The van der Waals surface area contributed by atoms with Crippen LogP contribution in [0.1, 0.15) is 79.1 Å². The van der Waals surface area contributed by atoms with E-state index in [1.807, 2.05) is 0 Å². The van der Waals surface area contributed by atoms with Crippen molar-refractivity contribution in [2.45, 2.75) is 103 Å². The van der Waals surface area contributed by atoms with Crippen LogP contribution in [0.5, 0.6) is 0 Å². The third-order valence-corrected chi connectivity index (χ3v) is 9.63. The molecular formula is C29H47NO3. The number of aliphatic hydroxyl groups is 2. The molecule has 1 aliphatic heterocycles. The Morgan fingerprint density at radius 3 is 2.64 bits per heavy atom. The highest BCUT2D eigenvalue weighted by atomic mass is 16.5. The number of morpholine rings is 1. The van der Waals surface area contributed by atoms with Crippen molar-refractivity contribution in [3.63, 3.8) is 0 Å². The fraction of sp³-hybridized carbons (Fsp3) is 0.793. The van der Waals surface area contributed by atoms with Crippen molar-refractivity contribution in [2.75, 3.05) is 19.7 Å². The van der Waals surface area contributed by atoms with Crippen LogP contribution in [-0.4, -0.2) is 59.2 Å². The van der Waals surface area contributed by atoms with E-state index in [2.05, 4.69) is 51.3 Å². The van der Waals surface area contributed by atoms with E-state index in [0.29, 0.717) is 41.9 Å². The molecule has 4 nitrogen and oxygen atoms in total. The zero-order valence-electron chi connectivity index (χ0n) is 21.4. The highest BCUT2D eigenvalue weighted by Gasteiger charge is 2.50. The summed E-state index contributed by atoms with van der Waals surface area (Å²) in [5.74, 6) is 2.23. The lowest BCUT2D eigenvalue weighted by Crippen LogP contribution is -2.48. The lowest BCUT2D eigenvalue weighted by atomic mass is 9.61. The van der Waals surface area contributed by atoms with E-state index in [4.69, 9.17) is 4.74 Å². The molecule has 1 heterocycles. The van der Waals surface area contributed by atoms with Gasteiger partial charge in [-0.05, 0) is 101 Å². The molecule has 0 amide bonds.